The maximum Gasteiger partial charge on any atom is 0.406 e. The van der Waals surface area contributed by atoms with Gasteiger partial charge in [-0.2, -0.15) is 13.2 Å². The molecule has 0 bridgehead atoms. The number of amides is 1. The van der Waals surface area contributed by atoms with E-state index >= 15 is 0 Å². The fraction of sp³-hybridized carbons (Fsp3) is 0.917. The van der Waals surface area contributed by atoms with Gasteiger partial charge in [0.15, 0.2) is 0 Å². The van der Waals surface area contributed by atoms with Crippen LogP contribution in [0.5, 0.6) is 0 Å². The zero-order valence-corrected chi connectivity index (χ0v) is 10.9. The van der Waals surface area contributed by atoms with Crippen LogP contribution in [0.3, 0.4) is 0 Å². The molecule has 0 atom stereocenters. The molecule has 1 N–H and O–H groups in total. The summed E-state index contributed by atoms with van der Waals surface area (Å²) in [5, 5.41) is 3.15. The Bertz CT molecular complexity index is 280. The lowest BCUT2D eigenvalue weighted by Gasteiger charge is -2.39. The Morgan fingerprint density at radius 1 is 1.33 bits per heavy atom. The summed E-state index contributed by atoms with van der Waals surface area (Å²) in [6, 6.07) is 0. The molecule has 0 radical (unpaired) electrons. The molecule has 0 spiro atoms. The molecule has 0 saturated carbocycles. The van der Waals surface area contributed by atoms with Gasteiger partial charge in [0.2, 0.25) is 5.91 Å². The van der Waals surface area contributed by atoms with E-state index in [9.17, 15) is 18.0 Å². The van der Waals surface area contributed by atoms with Crippen molar-refractivity contribution in [3.8, 4) is 0 Å². The first-order valence-electron chi connectivity index (χ1n) is 6.34. The molecule has 1 rings (SSSR count). The second-order valence-electron chi connectivity index (χ2n) is 5.06. The topological polar surface area (TPSA) is 32.3 Å². The number of nitrogens with zero attached hydrogens (tertiary/aromatic N) is 1. The fourth-order valence-corrected chi connectivity index (χ4v) is 2.70. The number of carbonyl (C=O) groups is 1. The highest BCUT2D eigenvalue weighted by molar-refractivity contribution is 5.82. The molecular weight excluding hydrogens is 245 g/mol. The largest absolute Gasteiger partial charge is 0.406 e. The average Bonchev–Trinajstić information content (AvgIpc) is 2.27. The Morgan fingerprint density at radius 2 is 1.89 bits per heavy atom. The van der Waals surface area contributed by atoms with Crippen molar-refractivity contribution >= 4 is 5.91 Å². The molecule has 1 aliphatic rings. The van der Waals surface area contributed by atoms with E-state index < -0.39 is 18.1 Å². The van der Waals surface area contributed by atoms with Gasteiger partial charge in [0.25, 0.3) is 0 Å². The van der Waals surface area contributed by atoms with E-state index in [1.165, 1.54) is 7.05 Å². The van der Waals surface area contributed by atoms with Crippen LogP contribution in [0.2, 0.25) is 0 Å². The van der Waals surface area contributed by atoms with Crippen LogP contribution < -0.4 is 5.32 Å². The van der Waals surface area contributed by atoms with Crippen LogP contribution in [0, 0.1) is 5.41 Å². The summed E-state index contributed by atoms with van der Waals surface area (Å²) in [5.41, 5.74) is -0.597. The van der Waals surface area contributed by atoms with Gasteiger partial charge in [-0.05, 0) is 32.4 Å². The highest BCUT2D eigenvalue weighted by Crippen LogP contribution is 2.36. The minimum Gasteiger partial charge on any atom is -0.336 e. The molecule has 1 fully saturated rings. The summed E-state index contributed by atoms with van der Waals surface area (Å²) in [6.07, 6.45) is -1.60. The summed E-state index contributed by atoms with van der Waals surface area (Å²) in [6.45, 7) is 2.20. The predicted octanol–water partition coefficient (Wildman–Crippen LogP) is 2.18. The molecule has 1 heterocycles. The molecular formula is C12H21F3N2O. The number of hydrogen-bond acceptors (Lipinski definition) is 2. The Balaban J connectivity index is 2.75. The van der Waals surface area contributed by atoms with Crippen molar-refractivity contribution < 1.29 is 18.0 Å². The van der Waals surface area contributed by atoms with E-state index in [4.69, 9.17) is 0 Å². The van der Waals surface area contributed by atoms with E-state index in [0.717, 1.165) is 11.3 Å². The molecule has 3 nitrogen and oxygen atoms in total. The molecule has 0 aromatic rings. The lowest BCUT2D eigenvalue weighted by Crippen LogP contribution is -2.50. The second kappa shape index (κ2) is 5.91. The molecule has 106 valence electrons. The molecule has 0 aromatic carbocycles. The highest BCUT2D eigenvalue weighted by atomic mass is 19.4. The normalized spacial score (nSPS) is 19.6. The van der Waals surface area contributed by atoms with Gasteiger partial charge in [-0.25, -0.2) is 0 Å². The van der Waals surface area contributed by atoms with Crippen molar-refractivity contribution in [1.82, 2.24) is 10.2 Å². The summed E-state index contributed by atoms with van der Waals surface area (Å²) >= 11 is 0. The average molecular weight is 266 g/mol. The molecule has 18 heavy (non-hydrogen) atoms. The Hall–Kier alpha value is -0.780. The van der Waals surface area contributed by atoms with Gasteiger partial charge >= 0.3 is 6.18 Å². The first kappa shape index (κ1) is 15.3. The summed E-state index contributed by atoms with van der Waals surface area (Å²) in [4.78, 5) is 13.1. The van der Waals surface area contributed by atoms with Crippen LogP contribution in [0.4, 0.5) is 13.2 Å². The number of rotatable bonds is 4. The summed E-state index contributed by atoms with van der Waals surface area (Å²) < 4.78 is 37.0. The Morgan fingerprint density at radius 3 is 2.33 bits per heavy atom. The van der Waals surface area contributed by atoms with Gasteiger partial charge < -0.3 is 10.2 Å². The van der Waals surface area contributed by atoms with Crippen LogP contribution in [-0.4, -0.2) is 43.7 Å². The number of piperidine rings is 1. The van der Waals surface area contributed by atoms with Gasteiger partial charge in [-0.15, -0.1) is 0 Å². The quantitative estimate of drug-likeness (QED) is 0.846. The third kappa shape index (κ3) is 3.86. The number of nitrogens with one attached hydrogen (secondary N) is 1. The van der Waals surface area contributed by atoms with Crippen molar-refractivity contribution in [3.63, 3.8) is 0 Å². The molecule has 0 unspecified atom stereocenters. The van der Waals surface area contributed by atoms with Crippen LogP contribution >= 0.6 is 0 Å². The fourth-order valence-electron chi connectivity index (χ4n) is 2.70. The van der Waals surface area contributed by atoms with Gasteiger partial charge in [0.05, 0.1) is 5.41 Å². The lowest BCUT2D eigenvalue weighted by atomic mass is 9.74. The third-order valence-electron chi connectivity index (χ3n) is 3.51. The first-order chi connectivity index (χ1) is 8.31. The van der Waals surface area contributed by atoms with E-state index in [2.05, 4.69) is 5.32 Å². The van der Waals surface area contributed by atoms with E-state index in [0.29, 0.717) is 32.4 Å². The SMILES string of the molecule is CCCC1(C(=O)N(C)CC(F)(F)F)CCNCC1. The minimum absolute atomic E-state index is 0.358. The highest BCUT2D eigenvalue weighted by Gasteiger charge is 2.42. The second-order valence-corrected chi connectivity index (χ2v) is 5.06. The zero-order chi connectivity index (χ0) is 13.8. The standard InChI is InChI=1S/C12H21F3N2O/c1-3-4-11(5-7-16-8-6-11)10(18)17(2)9-12(13,14)15/h16H,3-9H2,1-2H3. The maximum absolute atomic E-state index is 12.3. The first-order valence-corrected chi connectivity index (χ1v) is 6.34. The Labute approximate surface area is 106 Å². The van der Waals surface area contributed by atoms with Crippen LogP contribution in [-0.2, 0) is 4.79 Å². The van der Waals surface area contributed by atoms with Crippen molar-refractivity contribution in [2.45, 2.75) is 38.8 Å². The molecule has 1 amide bonds. The third-order valence-corrected chi connectivity index (χ3v) is 3.51. The van der Waals surface area contributed by atoms with Crippen LogP contribution in [0.25, 0.3) is 0 Å². The van der Waals surface area contributed by atoms with Gasteiger partial charge in [0.1, 0.15) is 6.54 Å². The van der Waals surface area contributed by atoms with Crippen molar-refractivity contribution in [2.75, 3.05) is 26.7 Å². The lowest BCUT2D eigenvalue weighted by molar-refractivity contribution is -0.166. The van der Waals surface area contributed by atoms with Crippen molar-refractivity contribution in [3.05, 3.63) is 0 Å². The summed E-state index contributed by atoms with van der Waals surface area (Å²) in [5.74, 6) is -0.358. The van der Waals surface area contributed by atoms with E-state index in [1.807, 2.05) is 6.92 Å². The smallest absolute Gasteiger partial charge is 0.336 e. The van der Waals surface area contributed by atoms with Gasteiger partial charge in [-0.3, -0.25) is 4.79 Å². The summed E-state index contributed by atoms with van der Waals surface area (Å²) in [7, 11) is 1.25. The van der Waals surface area contributed by atoms with Gasteiger partial charge in [-0.1, -0.05) is 13.3 Å². The minimum atomic E-state index is -4.33. The maximum atomic E-state index is 12.3. The Kier molecular flexibility index (Phi) is 5.01. The van der Waals surface area contributed by atoms with E-state index in [-0.39, 0.29) is 5.91 Å². The zero-order valence-electron chi connectivity index (χ0n) is 10.9. The number of halogens is 3. The molecule has 1 aliphatic heterocycles. The van der Waals surface area contributed by atoms with Crippen molar-refractivity contribution in [2.24, 2.45) is 5.41 Å². The number of alkyl halides is 3. The van der Waals surface area contributed by atoms with Gasteiger partial charge in [0, 0.05) is 7.05 Å². The molecule has 0 aromatic heterocycles. The van der Waals surface area contributed by atoms with Crippen LogP contribution in [0.15, 0.2) is 0 Å². The number of carbonyl (C=O) groups excluding carboxylic acids is 1. The monoisotopic (exact) mass is 266 g/mol. The molecule has 1 saturated heterocycles. The number of hydrogen-bond donors (Lipinski definition) is 1. The molecule has 0 aliphatic carbocycles. The van der Waals surface area contributed by atoms with Crippen LogP contribution in [0.1, 0.15) is 32.6 Å². The molecule has 6 heteroatoms. The predicted molar refractivity (Wildman–Crippen MR) is 63.1 cm³/mol. The van der Waals surface area contributed by atoms with Crippen molar-refractivity contribution in [1.29, 1.82) is 0 Å². The van der Waals surface area contributed by atoms with E-state index in [1.54, 1.807) is 0 Å².